The molecule has 2 aromatic carbocycles. The van der Waals surface area contributed by atoms with Gasteiger partial charge in [-0.25, -0.2) is 22.7 Å². The minimum Gasteiger partial charge on any atom is -0.494 e. The van der Waals surface area contributed by atoms with Crippen molar-refractivity contribution in [2.75, 3.05) is 30.1 Å². The van der Waals surface area contributed by atoms with Gasteiger partial charge in [0.25, 0.3) is 15.9 Å². The molecule has 0 aliphatic rings. The largest absolute Gasteiger partial charge is 0.494 e. The van der Waals surface area contributed by atoms with Gasteiger partial charge in [0, 0.05) is 33.0 Å². The molecule has 0 radical (unpaired) electrons. The van der Waals surface area contributed by atoms with Crippen molar-refractivity contribution in [3.63, 3.8) is 0 Å². The SMILES string of the molecule is COc1cnc(N(COCC[Si](C)(C)C)S(=O)(=O)c2ccc(NC(=O)c3cc(-c4ccccc4)nn3C)cc2)nc1. The zero-order valence-electron chi connectivity index (χ0n) is 23.7. The van der Waals surface area contributed by atoms with Crippen LogP contribution in [0.1, 0.15) is 10.5 Å². The Kier molecular flexibility index (Phi) is 9.20. The molecule has 0 atom stereocenters. The van der Waals surface area contributed by atoms with Gasteiger partial charge >= 0.3 is 0 Å². The van der Waals surface area contributed by atoms with Crippen LogP contribution in [-0.4, -0.2) is 62.6 Å². The number of sulfonamides is 1. The van der Waals surface area contributed by atoms with Crippen LogP contribution < -0.4 is 14.4 Å². The van der Waals surface area contributed by atoms with Gasteiger partial charge in [0.2, 0.25) is 5.95 Å². The fourth-order valence-electron chi connectivity index (χ4n) is 3.77. The third-order valence-electron chi connectivity index (χ3n) is 6.16. The molecule has 2 aromatic heterocycles. The maximum atomic E-state index is 13.7. The summed E-state index contributed by atoms with van der Waals surface area (Å²) < 4.78 is 40.7. The highest BCUT2D eigenvalue weighted by atomic mass is 32.2. The van der Waals surface area contributed by atoms with Crippen LogP contribution in [0.5, 0.6) is 5.75 Å². The van der Waals surface area contributed by atoms with Crippen molar-refractivity contribution in [3.8, 4) is 17.0 Å². The van der Waals surface area contributed by atoms with Crippen molar-refractivity contribution in [2.45, 2.75) is 30.6 Å². The molecule has 0 unspecified atom stereocenters. The molecule has 0 saturated carbocycles. The van der Waals surface area contributed by atoms with E-state index in [9.17, 15) is 13.2 Å². The van der Waals surface area contributed by atoms with E-state index in [0.717, 1.165) is 15.9 Å². The first-order valence-corrected chi connectivity index (χ1v) is 18.1. The van der Waals surface area contributed by atoms with Crippen molar-refractivity contribution in [2.24, 2.45) is 7.05 Å². The van der Waals surface area contributed by atoms with E-state index in [1.54, 1.807) is 13.1 Å². The Morgan fingerprint density at radius 2 is 1.68 bits per heavy atom. The molecule has 13 heteroatoms. The molecule has 0 fully saturated rings. The highest BCUT2D eigenvalue weighted by Crippen LogP contribution is 2.24. The number of methoxy groups -OCH3 is 1. The molecular formula is C28H34N6O5SSi. The van der Waals surface area contributed by atoms with E-state index in [4.69, 9.17) is 9.47 Å². The summed E-state index contributed by atoms with van der Waals surface area (Å²) in [6.45, 7) is 6.82. The van der Waals surface area contributed by atoms with E-state index in [0.29, 0.717) is 29.4 Å². The molecule has 0 spiro atoms. The van der Waals surface area contributed by atoms with Gasteiger partial charge in [-0.05, 0) is 36.4 Å². The molecule has 0 aliphatic carbocycles. The molecule has 1 N–H and O–H groups in total. The van der Waals surface area contributed by atoms with Crippen LogP contribution in [0.3, 0.4) is 0 Å². The highest BCUT2D eigenvalue weighted by molar-refractivity contribution is 7.92. The monoisotopic (exact) mass is 594 g/mol. The number of hydrogen-bond acceptors (Lipinski definition) is 8. The number of nitrogens with zero attached hydrogens (tertiary/aromatic N) is 5. The summed E-state index contributed by atoms with van der Waals surface area (Å²) in [5.74, 6) is -0.0152. The van der Waals surface area contributed by atoms with Gasteiger partial charge in [0.05, 0.1) is 30.1 Å². The molecule has 11 nitrogen and oxygen atoms in total. The Bertz CT molecular complexity index is 1570. The summed E-state index contributed by atoms with van der Waals surface area (Å²) in [6.07, 6.45) is 2.79. The summed E-state index contributed by atoms with van der Waals surface area (Å²) in [6, 6.07) is 18.0. The van der Waals surface area contributed by atoms with Crippen molar-refractivity contribution in [1.82, 2.24) is 19.7 Å². The van der Waals surface area contributed by atoms with Crippen molar-refractivity contribution in [1.29, 1.82) is 0 Å². The molecule has 41 heavy (non-hydrogen) atoms. The van der Waals surface area contributed by atoms with Crippen molar-refractivity contribution >= 4 is 35.6 Å². The average Bonchev–Trinajstić information content (AvgIpc) is 3.35. The zero-order chi connectivity index (χ0) is 29.6. The number of aromatic nitrogens is 4. The maximum Gasteiger partial charge on any atom is 0.273 e. The predicted octanol–water partition coefficient (Wildman–Crippen LogP) is 4.65. The smallest absolute Gasteiger partial charge is 0.273 e. The molecule has 1 amide bonds. The highest BCUT2D eigenvalue weighted by Gasteiger charge is 2.28. The van der Waals surface area contributed by atoms with E-state index < -0.39 is 18.1 Å². The van der Waals surface area contributed by atoms with Crippen LogP contribution in [0.4, 0.5) is 11.6 Å². The van der Waals surface area contributed by atoms with Gasteiger partial charge < -0.3 is 14.8 Å². The molecule has 2 heterocycles. The lowest BCUT2D eigenvalue weighted by Crippen LogP contribution is -2.35. The number of carbonyl (C=O) groups excluding carboxylic acids is 1. The number of benzene rings is 2. The van der Waals surface area contributed by atoms with Gasteiger partial charge in [0.1, 0.15) is 12.4 Å². The van der Waals surface area contributed by atoms with E-state index in [-0.39, 0.29) is 23.5 Å². The molecule has 4 rings (SSSR count). The molecule has 0 bridgehead atoms. The zero-order valence-corrected chi connectivity index (χ0v) is 25.6. The van der Waals surface area contributed by atoms with Crippen LogP contribution in [0.2, 0.25) is 25.7 Å². The number of anilines is 2. The third-order valence-corrected chi connectivity index (χ3v) is 9.58. The quantitative estimate of drug-likeness (QED) is 0.143. The van der Waals surface area contributed by atoms with E-state index in [1.165, 1.54) is 48.5 Å². The van der Waals surface area contributed by atoms with Crippen LogP contribution in [0.15, 0.2) is 78.0 Å². The van der Waals surface area contributed by atoms with Crippen LogP contribution >= 0.6 is 0 Å². The van der Waals surface area contributed by atoms with Gasteiger partial charge in [-0.15, -0.1) is 0 Å². The number of aryl methyl sites for hydroxylation is 1. The number of hydrogen-bond donors (Lipinski definition) is 1. The second-order valence-corrected chi connectivity index (χ2v) is 18.0. The Labute approximate surface area is 241 Å². The lowest BCUT2D eigenvalue weighted by molar-refractivity contribution is 0.101. The summed E-state index contributed by atoms with van der Waals surface area (Å²) in [7, 11) is -2.30. The Hall–Kier alpha value is -4.07. The number of rotatable bonds is 12. The molecular weight excluding hydrogens is 560 g/mol. The topological polar surface area (TPSA) is 129 Å². The Balaban J connectivity index is 1.51. The van der Waals surface area contributed by atoms with E-state index in [2.05, 4.69) is 40.0 Å². The number of ether oxygens (including phenoxy) is 2. The predicted molar refractivity (Wildman–Crippen MR) is 160 cm³/mol. The molecule has 216 valence electrons. The number of nitrogens with one attached hydrogen (secondary N) is 1. The van der Waals surface area contributed by atoms with Crippen molar-refractivity contribution < 1.29 is 22.7 Å². The number of carbonyl (C=O) groups is 1. The van der Waals surface area contributed by atoms with Crippen molar-refractivity contribution in [3.05, 3.63) is 78.8 Å². The van der Waals surface area contributed by atoms with Crippen LogP contribution in [0.25, 0.3) is 11.3 Å². The van der Waals surface area contributed by atoms with E-state index in [1.807, 2.05) is 30.3 Å². The van der Waals surface area contributed by atoms with Gasteiger partial charge in [-0.2, -0.15) is 5.10 Å². The molecule has 0 aliphatic heterocycles. The lowest BCUT2D eigenvalue weighted by Gasteiger charge is -2.23. The average molecular weight is 595 g/mol. The first-order valence-electron chi connectivity index (χ1n) is 13.0. The standard InChI is InChI=1S/C28H34N6O5SSi/c1-33-26(17-25(32-33)21-9-7-6-8-10-21)27(35)31-22-11-13-24(14-12-22)40(36,37)34(20-39-15-16-41(3,4)5)28-29-18-23(38-2)19-30-28/h6-14,17-19H,15-16,20H2,1-5H3,(H,31,35). The van der Waals surface area contributed by atoms with E-state index >= 15 is 0 Å². The first kappa shape index (κ1) is 29.9. The third kappa shape index (κ3) is 7.57. The second-order valence-electron chi connectivity index (χ2n) is 10.5. The molecule has 4 aromatic rings. The minimum atomic E-state index is -4.09. The summed E-state index contributed by atoms with van der Waals surface area (Å²) in [4.78, 5) is 21.3. The van der Waals surface area contributed by atoms with Crippen LogP contribution in [0, 0.1) is 0 Å². The van der Waals surface area contributed by atoms with Gasteiger partial charge in [-0.1, -0.05) is 50.0 Å². The lowest BCUT2D eigenvalue weighted by atomic mass is 10.1. The maximum absolute atomic E-state index is 13.7. The fourth-order valence-corrected chi connectivity index (χ4v) is 5.78. The normalized spacial score (nSPS) is 11.7. The first-order chi connectivity index (χ1) is 19.5. The Morgan fingerprint density at radius 1 is 1.02 bits per heavy atom. The minimum absolute atomic E-state index is 0.00406. The molecule has 0 saturated heterocycles. The fraction of sp³-hybridized carbons (Fsp3) is 0.286. The number of amides is 1. The Morgan fingerprint density at radius 3 is 2.29 bits per heavy atom. The summed E-state index contributed by atoms with van der Waals surface area (Å²) in [5.41, 5.74) is 2.35. The summed E-state index contributed by atoms with van der Waals surface area (Å²) in [5, 5.41) is 7.24. The second kappa shape index (κ2) is 12.6. The van der Waals surface area contributed by atoms with Gasteiger partial charge in [0.15, 0.2) is 5.75 Å². The van der Waals surface area contributed by atoms with Gasteiger partial charge in [-0.3, -0.25) is 9.48 Å². The van der Waals surface area contributed by atoms with Crippen LogP contribution in [-0.2, 0) is 21.8 Å². The summed E-state index contributed by atoms with van der Waals surface area (Å²) >= 11 is 0.